The van der Waals surface area contributed by atoms with E-state index in [0.29, 0.717) is 26.3 Å². The second-order valence-electron chi connectivity index (χ2n) is 6.52. The van der Waals surface area contributed by atoms with E-state index in [1.54, 1.807) is 13.2 Å². The van der Waals surface area contributed by atoms with Gasteiger partial charge in [0.1, 0.15) is 0 Å². The number of hydrogen-bond acceptors (Lipinski definition) is 3. The van der Waals surface area contributed by atoms with Gasteiger partial charge in [-0.2, -0.15) is 5.10 Å². The Kier molecular flexibility index (Phi) is 9.66. The number of nitrogens with zero attached hydrogens (tertiary/aromatic N) is 3. The number of benzene rings is 2. The zero-order valence-corrected chi connectivity index (χ0v) is 19.2. The monoisotopic (exact) mass is 505 g/mol. The van der Waals surface area contributed by atoms with Crippen molar-refractivity contribution in [3.63, 3.8) is 0 Å². The average Bonchev–Trinajstić information content (AvgIpc) is 3.14. The minimum absolute atomic E-state index is 0. The van der Waals surface area contributed by atoms with Gasteiger partial charge in [0.15, 0.2) is 5.96 Å². The van der Waals surface area contributed by atoms with Gasteiger partial charge in [0, 0.05) is 26.8 Å². The summed E-state index contributed by atoms with van der Waals surface area (Å²) in [4.78, 5) is 4.28. The van der Waals surface area contributed by atoms with Crippen molar-refractivity contribution in [2.24, 2.45) is 12.0 Å². The zero-order valence-electron chi connectivity index (χ0n) is 16.8. The highest BCUT2D eigenvalue weighted by molar-refractivity contribution is 14.0. The van der Waals surface area contributed by atoms with E-state index in [1.165, 1.54) is 11.1 Å². The Hall–Kier alpha value is -2.39. The van der Waals surface area contributed by atoms with Crippen molar-refractivity contribution in [1.29, 1.82) is 0 Å². The number of nitrogens with one attached hydrogen (secondary N) is 2. The van der Waals surface area contributed by atoms with Crippen molar-refractivity contribution in [3.05, 3.63) is 89.2 Å². The molecular weight excluding hydrogens is 477 g/mol. The second kappa shape index (κ2) is 12.2. The summed E-state index contributed by atoms with van der Waals surface area (Å²) in [6, 6.07) is 20.6. The maximum Gasteiger partial charge on any atom is 0.191 e. The quantitative estimate of drug-likeness (QED) is 0.279. The molecule has 0 radical (unpaired) electrons. The van der Waals surface area contributed by atoms with Gasteiger partial charge in [-0.25, -0.2) is 0 Å². The summed E-state index contributed by atoms with van der Waals surface area (Å²) < 4.78 is 7.68. The minimum Gasteiger partial charge on any atom is -0.372 e. The standard InChI is InChI=1S/C22H27N5O.HI/c1-23-22(25-15-21-11-12-26-27(21)2)24-14-19-9-6-10-20(13-19)17-28-16-18-7-4-3-5-8-18;/h3-13H,14-17H2,1-2H3,(H2,23,24,25);1H. The van der Waals surface area contributed by atoms with E-state index in [2.05, 4.69) is 57.1 Å². The van der Waals surface area contributed by atoms with E-state index >= 15 is 0 Å². The highest BCUT2D eigenvalue weighted by Crippen LogP contribution is 2.09. The van der Waals surface area contributed by atoms with Crippen LogP contribution in [0.4, 0.5) is 0 Å². The van der Waals surface area contributed by atoms with Crippen LogP contribution >= 0.6 is 24.0 Å². The summed E-state index contributed by atoms with van der Waals surface area (Å²) in [5.74, 6) is 0.756. The van der Waals surface area contributed by atoms with E-state index in [-0.39, 0.29) is 24.0 Å². The molecule has 0 aliphatic rings. The zero-order chi connectivity index (χ0) is 19.6. The Bertz CT molecular complexity index is 895. The molecule has 3 rings (SSSR count). The third kappa shape index (κ3) is 7.51. The predicted molar refractivity (Wildman–Crippen MR) is 127 cm³/mol. The van der Waals surface area contributed by atoms with Gasteiger partial charge >= 0.3 is 0 Å². The lowest BCUT2D eigenvalue weighted by Crippen LogP contribution is -2.36. The van der Waals surface area contributed by atoms with Crippen LogP contribution in [0.3, 0.4) is 0 Å². The molecule has 0 bridgehead atoms. The van der Waals surface area contributed by atoms with Crippen LogP contribution in [0.1, 0.15) is 22.4 Å². The van der Waals surface area contributed by atoms with Crippen LogP contribution in [0.25, 0.3) is 0 Å². The third-order valence-corrected chi connectivity index (χ3v) is 4.41. The van der Waals surface area contributed by atoms with Gasteiger partial charge in [-0.05, 0) is 22.8 Å². The molecule has 2 N–H and O–H groups in total. The molecule has 0 aliphatic heterocycles. The number of ether oxygens (including phenoxy) is 1. The molecule has 0 aliphatic carbocycles. The highest BCUT2D eigenvalue weighted by Gasteiger charge is 2.03. The van der Waals surface area contributed by atoms with Crippen LogP contribution in [0.2, 0.25) is 0 Å². The van der Waals surface area contributed by atoms with E-state index in [0.717, 1.165) is 17.2 Å². The van der Waals surface area contributed by atoms with Crippen LogP contribution in [0.15, 0.2) is 71.9 Å². The largest absolute Gasteiger partial charge is 0.372 e. The van der Waals surface area contributed by atoms with Crippen LogP contribution < -0.4 is 10.6 Å². The van der Waals surface area contributed by atoms with Crippen molar-refractivity contribution in [1.82, 2.24) is 20.4 Å². The van der Waals surface area contributed by atoms with Gasteiger partial charge in [-0.3, -0.25) is 9.67 Å². The number of guanidine groups is 1. The summed E-state index contributed by atoms with van der Waals surface area (Å²) in [7, 11) is 3.70. The van der Waals surface area contributed by atoms with E-state index < -0.39 is 0 Å². The first-order valence-corrected chi connectivity index (χ1v) is 9.35. The summed E-state index contributed by atoms with van der Waals surface area (Å²) >= 11 is 0. The number of halogens is 1. The molecule has 0 atom stereocenters. The predicted octanol–water partition coefficient (Wildman–Crippen LogP) is 3.62. The smallest absolute Gasteiger partial charge is 0.191 e. The van der Waals surface area contributed by atoms with Crippen molar-refractivity contribution >= 4 is 29.9 Å². The van der Waals surface area contributed by atoms with Gasteiger partial charge in [-0.15, -0.1) is 24.0 Å². The molecule has 6 nitrogen and oxygen atoms in total. The van der Waals surface area contributed by atoms with E-state index in [4.69, 9.17) is 4.74 Å². The Morgan fingerprint density at radius 2 is 1.62 bits per heavy atom. The number of aliphatic imine (C=N–C) groups is 1. The number of hydrogen-bond donors (Lipinski definition) is 2. The van der Waals surface area contributed by atoms with E-state index in [9.17, 15) is 0 Å². The molecule has 2 aromatic carbocycles. The van der Waals surface area contributed by atoms with Gasteiger partial charge in [0.25, 0.3) is 0 Å². The molecule has 0 saturated carbocycles. The summed E-state index contributed by atoms with van der Waals surface area (Å²) in [5, 5.41) is 10.8. The molecule has 29 heavy (non-hydrogen) atoms. The number of rotatable bonds is 8. The van der Waals surface area contributed by atoms with Gasteiger partial charge < -0.3 is 15.4 Å². The lowest BCUT2D eigenvalue weighted by molar-refractivity contribution is 0.107. The molecule has 0 amide bonds. The average molecular weight is 505 g/mol. The van der Waals surface area contributed by atoms with Gasteiger partial charge in [-0.1, -0.05) is 54.6 Å². The highest BCUT2D eigenvalue weighted by atomic mass is 127. The summed E-state index contributed by atoms with van der Waals surface area (Å²) in [5.41, 5.74) is 4.63. The number of aromatic nitrogens is 2. The molecule has 0 saturated heterocycles. The van der Waals surface area contributed by atoms with E-state index in [1.807, 2.05) is 36.0 Å². The third-order valence-electron chi connectivity index (χ3n) is 4.41. The first-order chi connectivity index (χ1) is 13.7. The lowest BCUT2D eigenvalue weighted by Gasteiger charge is -2.13. The molecule has 1 aromatic heterocycles. The SMILES string of the molecule is CN=C(NCc1cccc(COCc2ccccc2)c1)NCc1ccnn1C.I. The molecule has 3 aromatic rings. The van der Waals surface area contributed by atoms with Gasteiger partial charge in [0.05, 0.1) is 25.5 Å². The van der Waals surface area contributed by atoms with Crippen LogP contribution in [-0.4, -0.2) is 22.8 Å². The Balaban J connectivity index is 0.00000300. The Morgan fingerprint density at radius 3 is 2.34 bits per heavy atom. The maximum absolute atomic E-state index is 5.83. The summed E-state index contributed by atoms with van der Waals surface area (Å²) in [6.45, 7) is 2.57. The number of aryl methyl sites for hydroxylation is 1. The van der Waals surface area contributed by atoms with Crippen LogP contribution in [0.5, 0.6) is 0 Å². The van der Waals surface area contributed by atoms with Gasteiger partial charge in [0.2, 0.25) is 0 Å². The molecular formula is C22H28IN5O. The Morgan fingerprint density at radius 1 is 0.931 bits per heavy atom. The molecule has 154 valence electrons. The van der Waals surface area contributed by atoms with Crippen molar-refractivity contribution < 1.29 is 4.74 Å². The second-order valence-corrected chi connectivity index (χ2v) is 6.52. The Labute approximate surface area is 189 Å². The molecule has 7 heteroatoms. The fraction of sp³-hybridized carbons (Fsp3) is 0.273. The first kappa shape index (κ1) is 22.9. The molecule has 1 heterocycles. The maximum atomic E-state index is 5.83. The normalized spacial score (nSPS) is 11.0. The molecule has 0 spiro atoms. The minimum atomic E-state index is 0. The molecule has 0 fully saturated rings. The first-order valence-electron chi connectivity index (χ1n) is 9.35. The lowest BCUT2D eigenvalue weighted by atomic mass is 10.1. The van der Waals surface area contributed by atoms with Crippen molar-refractivity contribution in [3.8, 4) is 0 Å². The summed E-state index contributed by atoms with van der Waals surface area (Å²) in [6.07, 6.45) is 1.79. The fourth-order valence-electron chi connectivity index (χ4n) is 2.85. The molecule has 0 unspecified atom stereocenters. The fourth-order valence-corrected chi connectivity index (χ4v) is 2.85. The van der Waals surface area contributed by atoms with Crippen LogP contribution in [-0.2, 0) is 38.1 Å². The van der Waals surface area contributed by atoms with Crippen LogP contribution in [0, 0.1) is 0 Å². The topological polar surface area (TPSA) is 63.5 Å². The van der Waals surface area contributed by atoms with Crippen molar-refractivity contribution in [2.45, 2.75) is 26.3 Å². The van der Waals surface area contributed by atoms with Crippen molar-refractivity contribution in [2.75, 3.05) is 7.05 Å².